The van der Waals surface area contributed by atoms with Crippen LogP contribution in [0.4, 0.5) is 0 Å². The smallest absolute Gasteiger partial charge is 0.274 e. The van der Waals surface area contributed by atoms with Crippen molar-refractivity contribution in [1.82, 2.24) is 14.7 Å². The minimum absolute atomic E-state index is 0.0552. The molecule has 0 fully saturated rings. The van der Waals surface area contributed by atoms with Crippen molar-refractivity contribution in [3.63, 3.8) is 0 Å². The monoisotopic (exact) mass is 247 g/mol. The van der Waals surface area contributed by atoms with E-state index in [0.717, 1.165) is 5.69 Å². The van der Waals surface area contributed by atoms with Crippen LogP contribution in [0, 0.1) is 0 Å². The summed E-state index contributed by atoms with van der Waals surface area (Å²) in [6.07, 6.45) is 5.04. The number of hydrogen-bond acceptors (Lipinski definition) is 3. The summed E-state index contributed by atoms with van der Waals surface area (Å²) in [6, 6.07) is 0. The summed E-state index contributed by atoms with van der Waals surface area (Å²) in [4.78, 5) is 13.8. The standard InChI is InChI=1S/C13H17N3O2/c1-9(2)12-10(13(17)16(4)14-12)5-6-11-15(3)7-8-18-11/h5,7-9,14H,1-4H3. The Hall–Kier alpha value is -2.13. The van der Waals surface area contributed by atoms with Crippen LogP contribution in [0.5, 0.6) is 0 Å². The highest BCUT2D eigenvalue weighted by Gasteiger charge is 2.13. The molecule has 2 rings (SSSR count). The van der Waals surface area contributed by atoms with Crippen molar-refractivity contribution in [1.29, 1.82) is 0 Å². The molecule has 0 saturated heterocycles. The summed E-state index contributed by atoms with van der Waals surface area (Å²) in [5.41, 5.74) is 4.48. The number of nitrogens with one attached hydrogen (secondary N) is 1. The first-order chi connectivity index (χ1) is 8.50. The second-order valence-electron chi connectivity index (χ2n) is 4.57. The van der Waals surface area contributed by atoms with Crippen LogP contribution < -0.4 is 5.56 Å². The number of rotatable bonds is 2. The third-order valence-corrected chi connectivity index (χ3v) is 2.82. The van der Waals surface area contributed by atoms with Gasteiger partial charge in [-0.25, -0.2) is 0 Å². The van der Waals surface area contributed by atoms with E-state index in [-0.39, 0.29) is 11.5 Å². The highest BCUT2D eigenvalue weighted by atomic mass is 16.5. The third-order valence-electron chi connectivity index (χ3n) is 2.82. The summed E-state index contributed by atoms with van der Waals surface area (Å²) in [7, 11) is 3.57. The van der Waals surface area contributed by atoms with E-state index < -0.39 is 0 Å². The molecule has 0 radical (unpaired) electrons. The molecule has 0 bridgehead atoms. The van der Waals surface area contributed by atoms with E-state index >= 15 is 0 Å². The summed E-state index contributed by atoms with van der Waals surface area (Å²) in [5, 5.41) is 3.05. The van der Waals surface area contributed by atoms with Gasteiger partial charge in [0.15, 0.2) is 0 Å². The molecule has 0 atom stereocenters. The lowest BCUT2D eigenvalue weighted by molar-refractivity contribution is 0.296. The molecular weight excluding hydrogens is 230 g/mol. The van der Waals surface area contributed by atoms with Crippen molar-refractivity contribution < 1.29 is 4.74 Å². The van der Waals surface area contributed by atoms with Crippen LogP contribution in [-0.2, 0) is 11.8 Å². The summed E-state index contributed by atoms with van der Waals surface area (Å²) in [6.45, 7) is 4.07. The lowest BCUT2D eigenvalue weighted by Crippen LogP contribution is -2.13. The van der Waals surface area contributed by atoms with Crippen LogP contribution >= 0.6 is 0 Å². The fourth-order valence-electron chi connectivity index (χ4n) is 1.77. The van der Waals surface area contributed by atoms with Crippen molar-refractivity contribution in [3.8, 4) is 0 Å². The molecule has 1 aromatic rings. The number of nitrogens with zero attached hydrogens (tertiary/aromatic N) is 2. The third kappa shape index (κ3) is 2.13. The first-order valence-electron chi connectivity index (χ1n) is 5.82. The first kappa shape index (κ1) is 12.3. The van der Waals surface area contributed by atoms with E-state index in [0.29, 0.717) is 11.4 Å². The van der Waals surface area contributed by atoms with Gasteiger partial charge in [0.1, 0.15) is 6.26 Å². The molecule has 0 aromatic carbocycles. The minimum Gasteiger partial charge on any atom is -0.440 e. The fraction of sp³-hybridized carbons (Fsp3) is 0.385. The molecular formula is C13H17N3O2. The normalized spacial score (nSPS) is 14.1. The van der Waals surface area contributed by atoms with E-state index in [4.69, 9.17) is 4.74 Å². The van der Waals surface area contributed by atoms with Crippen LogP contribution in [0.15, 0.2) is 28.9 Å². The van der Waals surface area contributed by atoms with E-state index in [1.54, 1.807) is 30.5 Å². The molecule has 1 aliphatic heterocycles. The summed E-state index contributed by atoms with van der Waals surface area (Å²) in [5.74, 6) is 0.824. The van der Waals surface area contributed by atoms with E-state index in [1.165, 1.54) is 4.68 Å². The largest absolute Gasteiger partial charge is 0.440 e. The predicted molar refractivity (Wildman–Crippen MR) is 69.6 cm³/mol. The molecule has 0 spiro atoms. The van der Waals surface area contributed by atoms with Gasteiger partial charge in [-0.05, 0) is 5.92 Å². The van der Waals surface area contributed by atoms with E-state index in [2.05, 4.69) is 10.8 Å². The predicted octanol–water partition coefficient (Wildman–Crippen LogP) is 1.72. The molecule has 0 amide bonds. The number of H-pyrrole nitrogens is 1. The van der Waals surface area contributed by atoms with Gasteiger partial charge in [-0.2, -0.15) is 0 Å². The average Bonchev–Trinajstić information content (AvgIpc) is 2.83. The molecule has 1 N–H and O–H groups in total. The number of ether oxygens (including phenoxy) is 1. The van der Waals surface area contributed by atoms with Crippen LogP contribution in [0.2, 0.25) is 0 Å². The Morgan fingerprint density at radius 3 is 2.72 bits per heavy atom. The van der Waals surface area contributed by atoms with Gasteiger partial charge in [0.25, 0.3) is 5.56 Å². The highest BCUT2D eigenvalue weighted by molar-refractivity contribution is 5.51. The maximum absolute atomic E-state index is 12.0. The molecule has 1 aliphatic rings. The van der Waals surface area contributed by atoms with Crippen LogP contribution in [0.1, 0.15) is 31.0 Å². The van der Waals surface area contributed by atoms with Gasteiger partial charge in [-0.1, -0.05) is 19.6 Å². The molecule has 2 heterocycles. The zero-order valence-electron chi connectivity index (χ0n) is 11.0. The molecule has 5 nitrogen and oxygen atoms in total. The van der Waals surface area contributed by atoms with Gasteiger partial charge >= 0.3 is 0 Å². The van der Waals surface area contributed by atoms with E-state index in [9.17, 15) is 4.79 Å². The van der Waals surface area contributed by atoms with E-state index in [1.807, 2.05) is 20.9 Å². The summed E-state index contributed by atoms with van der Waals surface area (Å²) < 4.78 is 6.71. The first-order valence-corrected chi connectivity index (χ1v) is 5.82. The Morgan fingerprint density at radius 2 is 2.17 bits per heavy atom. The molecule has 0 saturated carbocycles. The maximum Gasteiger partial charge on any atom is 0.274 e. The highest BCUT2D eigenvalue weighted by Crippen LogP contribution is 2.16. The quantitative estimate of drug-likeness (QED) is 0.810. The second kappa shape index (κ2) is 4.63. The average molecular weight is 247 g/mol. The van der Waals surface area contributed by atoms with Crippen LogP contribution in [0.25, 0.3) is 6.08 Å². The van der Waals surface area contributed by atoms with Crippen molar-refractivity contribution in [3.05, 3.63) is 45.7 Å². The molecule has 5 heteroatoms. The SMILES string of the molecule is CC(C)c1[nH]n(C)c(=O)c1C=C=C1OC=CN1C. The van der Waals surface area contributed by atoms with Gasteiger partial charge in [0, 0.05) is 32.1 Å². The number of aromatic nitrogens is 2. The van der Waals surface area contributed by atoms with Gasteiger partial charge in [-0.3, -0.25) is 14.6 Å². The minimum atomic E-state index is -0.0552. The Bertz CT molecular complexity index is 598. The molecule has 0 unspecified atom stereocenters. The van der Waals surface area contributed by atoms with Crippen LogP contribution in [0.3, 0.4) is 0 Å². The Labute approximate surface area is 106 Å². The van der Waals surface area contributed by atoms with Gasteiger partial charge in [-0.15, -0.1) is 0 Å². The fourth-order valence-corrected chi connectivity index (χ4v) is 1.77. The molecule has 1 aromatic heterocycles. The van der Waals surface area contributed by atoms with Crippen molar-refractivity contribution in [2.24, 2.45) is 7.05 Å². The molecule has 96 valence electrons. The van der Waals surface area contributed by atoms with Gasteiger partial charge in [0.2, 0.25) is 5.88 Å². The Kier molecular flexibility index (Phi) is 3.17. The van der Waals surface area contributed by atoms with Crippen molar-refractivity contribution >= 4 is 6.08 Å². The molecule has 0 aliphatic carbocycles. The van der Waals surface area contributed by atoms with Gasteiger partial charge < -0.3 is 9.64 Å². The summed E-state index contributed by atoms with van der Waals surface area (Å²) >= 11 is 0. The zero-order valence-corrected chi connectivity index (χ0v) is 11.0. The van der Waals surface area contributed by atoms with Gasteiger partial charge in [0.05, 0.1) is 5.56 Å². The maximum atomic E-state index is 12.0. The topological polar surface area (TPSA) is 50.3 Å². The zero-order chi connectivity index (χ0) is 13.3. The Balaban J connectivity index is 2.46. The number of aryl methyl sites for hydroxylation is 1. The van der Waals surface area contributed by atoms with Crippen LogP contribution in [-0.4, -0.2) is 21.7 Å². The van der Waals surface area contributed by atoms with Crippen molar-refractivity contribution in [2.45, 2.75) is 19.8 Å². The van der Waals surface area contributed by atoms with Crippen molar-refractivity contribution in [2.75, 3.05) is 7.05 Å². The Morgan fingerprint density at radius 1 is 1.44 bits per heavy atom. The number of aromatic amines is 1. The lowest BCUT2D eigenvalue weighted by Gasteiger charge is -2.05. The lowest BCUT2D eigenvalue weighted by atomic mass is 10.1. The number of hydrogen-bond donors (Lipinski definition) is 1. The molecule has 18 heavy (non-hydrogen) atoms. The second-order valence-corrected chi connectivity index (χ2v) is 4.57.